The van der Waals surface area contributed by atoms with Gasteiger partial charge in [0.15, 0.2) is 11.6 Å². The van der Waals surface area contributed by atoms with E-state index in [2.05, 4.69) is 0 Å². The summed E-state index contributed by atoms with van der Waals surface area (Å²) in [5.74, 6) is -5.29. The molecule has 1 aromatic rings. The zero-order valence-corrected chi connectivity index (χ0v) is 13.5. The number of benzene rings is 1. The molecule has 1 aliphatic rings. The van der Waals surface area contributed by atoms with Crippen molar-refractivity contribution < 1.29 is 31.1 Å². The van der Waals surface area contributed by atoms with Gasteiger partial charge in [-0.3, -0.25) is 9.69 Å². The average Bonchev–Trinajstić information content (AvgIpc) is 2.97. The molecule has 140 valence electrons. The standard InChI is InChI=1S/C16H18F6N2O/c1-2-23(9-16(20,21)22)7-10-5-6-24(8-10)15(25)13-11(17)3-4-12(18)14(13)19/h3-4,10H,2,5-9H2,1H3/t10-/m0/s1. The normalized spacial score (nSPS) is 18.2. The van der Waals surface area contributed by atoms with Gasteiger partial charge in [-0.05, 0) is 31.0 Å². The van der Waals surface area contributed by atoms with E-state index in [1.54, 1.807) is 6.92 Å². The van der Waals surface area contributed by atoms with E-state index in [1.807, 2.05) is 0 Å². The number of nitrogens with zero attached hydrogens (tertiary/aromatic N) is 2. The molecule has 1 heterocycles. The Hall–Kier alpha value is -1.77. The second kappa shape index (κ2) is 7.63. The van der Waals surface area contributed by atoms with Crippen LogP contribution in [0.5, 0.6) is 0 Å². The molecule has 1 amide bonds. The number of hydrogen-bond donors (Lipinski definition) is 0. The molecule has 9 heteroatoms. The van der Waals surface area contributed by atoms with Crippen LogP contribution in [0.1, 0.15) is 23.7 Å². The lowest BCUT2D eigenvalue weighted by Crippen LogP contribution is -2.38. The second-order valence-corrected chi connectivity index (χ2v) is 6.07. The highest BCUT2D eigenvalue weighted by Crippen LogP contribution is 2.24. The third-order valence-electron chi connectivity index (χ3n) is 4.20. The fraction of sp³-hybridized carbons (Fsp3) is 0.562. The Kier molecular flexibility index (Phi) is 5.97. The monoisotopic (exact) mass is 368 g/mol. The molecule has 3 nitrogen and oxygen atoms in total. The van der Waals surface area contributed by atoms with Gasteiger partial charge >= 0.3 is 6.18 Å². The number of carbonyl (C=O) groups is 1. The number of hydrogen-bond acceptors (Lipinski definition) is 2. The van der Waals surface area contributed by atoms with Gasteiger partial charge in [-0.2, -0.15) is 13.2 Å². The molecule has 0 unspecified atom stereocenters. The Balaban J connectivity index is 2.03. The summed E-state index contributed by atoms with van der Waals surface area (Å²) in [6.07, 6.45) is -3.91. The molecule has 1 aliphatic heterocycles. The number of halogens is 6. The molecular formula is C16H18F6N2O. The summed E-state index contributed by atoms with van der Waals surface area (Å²) in [6, 6.07) is 1.26. The van der Waals surface area contributed by atoms with E-state index in [0.29, 0.717) is 18.6 Å². The Morgan fingerprint density at radius 3 is 2.48 bits per heavy atom. The van der Waals surface area contributed by atoms with Crippen LogP contribution >= 0.6 is 0 Å². The summed E-state index contributed by atoms with van der Waals surface area (Å²) < 4.78 is 78.1. The molecule has 0 aliphatic carbocycles. The average molecular weight is 368 g/mol. The van der Waals surface area contributed by atoms with Crippen molar-refractivity contribution in [2.24, 2.45) is 5.92 Å². The van der Waals surface area contributed by atoms with Crippen molar-refractivity contribution in [2.75, 3.05) is 32.7 Å². The van der Waals surface area contributed by atoms with E-state index in [1.165, 1.54) is 4.90 Å². The van der Waals surface area contributed by atoms with E-state index in [9.17, 15) is 31.1 Å². The maximum Gasteiger partial charge on any atom is 0.401 e. The van der Waals surface area contributed by atoms with Gasteiger partial charge in [0.05, 0.1) is 6.54 Å². The van der Waals surface area contributed by atoms with Gasteiger partial charge in [0.1, 0.15) is 11.4 Å². The lowest BCUT2D eigenvalue weighted by atomic mass is 10.1. The van der Waals surface area contributed by atoms with Gasteiger partial charge in [-0.25, -0.2) is 13.2 Å². The first-order chi connectivity index (χ1) is 11.6. The third-order valence-corrected chi connectivity index (χ3v) is 4.20. The molecular weight excluding hydrogens is 350 g/mol. The maximum absolute atomic E-state index is 13.7. The number of alkyl halides is 3. The SMILES string of the molecule is CCN(C[C@@H]1CCN(C(=O)c2c(F)ccc(F)c2F)C1)CC(F)(F)F. The largest absolute Gasteiger partial charge is 0.401 e. The second-order valence-electron chi connectivity index (χ2n) is 6.07. The molecule has 1 aromatic carbocycles. The van der Waals surface area contributed by atoms with E-state index in [0.717, 1.165) is 4.90 Å². The van der Waals surface area contributed by atoms with Crippen LogP contribution in [0.3, 0.4) is 0 Å². The minimum Gasteiger partial charge on any atom is -0.338 e. The van der Waals surface area contributed by atoms with E-state index in [-0.39, 0.29) is 32.1 Å². The molecule has 1 atom stereocenters. The van der Waals surface area contributed by atoms with Crippen molar-refractivity contribution in [2.45, 2.75) is 19.5 Å². The van der Waals surface area contributed by atoms with Crippen molar-refractivity contribution in [1.82, 2.24) is 9.80 Å². The highest BCUT2D eigenvalue weighted by atomic mass is 19.4. The molecule has 0 spiro atoms. The van der Waals surface area contributed by atoms with Crippen LogP contribution in [-0.2, 0) is 0 Å². The topological polar surface area (TPSA) is 23.6 Å². The lowest BCUT2D eigenvalue weighted by Gasteiger charge is -2.25. The van der Waals surface area contributed by atoms with E-state index < -0.39 is 41.6 Å². The molecule has 0 N–H and O–H groups in total. The first-order valence-corrected chi connectivity index (χ1v) is 7.84. The van der Waals surface area contributed by atoms with Crippen LogP contribution in [0.25, 0.3) is 0 Å². The zero-order valence-electron chi connectivity index (χ0n) is 13.5. The smallest absolute Gasteiger partial charge is 0.338 e. The number of amides is 1. The predicted octanol–water partition coefficient (Wildman–Crippen LogP) is 3.45. The van der Waals surface area contributed by atoms with Gasteiger partial charge in [0, 0.05) is 19.6 Å². The lowest BCUT2D eigenvalue weighted by molar-refractivity contribution is -0.146. The summed E-state index contributed by atoms with van der Waals surface area (Å²) in [5, 5.41) is 0. The van der Waals surface area contributed by atoms with Gasteiger partial charge < -0.3 is 4.90 Å². The third kappa shape index (κ3) is 4.87. The van der Waals surface area contributed by atoms with E-state index >= 15 is 0 Å². The molecule has 1 saturated heterocycles. The summed E-state index contributed by atoms with van der Waals surface area (Å²) in [7, 11) is 0. The van der Waals surface area contributed by atoms with Crippen molar-refractivity contribution >= 4 is 5.91 Å². The number of likely N-dealkylation sites (tertiary alicyclic amines) is 1. The Labute approximate surface area is 141 Å². The highest BCUT2D eigenvalue weighted by Gasteiger charge is 2.34. The van der Waals surface area contributed by atoms with Gasteiger partial charge in [-0.1, -0.05) is 6.92 Å². The molecule has 1 fully saturated rings. The predicted molar refractivity (Wildman–Crippen MR) is 78.5 cm³/mol. The Morgan fingerprint density at radius 2 is 1.88 bits per heavy atom. The summed E-state index contributed by atoms with van der Waals surface area (Å²) in [6.45, 7) is 1.08. The summed E-state index contributed by atoms with van der Waals surface area (Å²) in [4.78, 5) is 14.6. The van der Waals surface area contributed by atoms with Crippen LogP contribution in [0.15, 0.2) is 12.1 Å². The molecule has 0 bridgehead atoms. The van der Waals surface area contributed by atoms with Gasteiger partial charge in [-0.15, -0.1) is 0 Å². The molecule has 0 aromatic heterocycles. The first kappa shape index (κ1) is 19.6. The van der Waals surface area contributed by atoms with Crippen LogP contribution < -0.4 is 0 Å². The van der Waals surface area contributed by atoms with Crippen LogP contribution in [0.2, 0.25) is 0 Å². The fourth-order valence-corrected chi connectivity index (χ4v) is 2.97. The quantitative estimate of drug-likeness (QED) is 0.587. The minimum absolute atomic E-state index is 0.0720. The van der Waals surface area contributed by atoms with Crippen molar-refractivity contribution in [3.63, 3.8) is 0 Å². The van der Waals surface area contributed by atoms with Crippen molar-refractivity contribution in [3.05, 3.63) is 35.1 Å². The summed E-state index contributed by atoms with van der Waals surface area (Å²) in [5.41, 5.74) is -0.969. The molecule has 2 rings (SSSR count). The molecule has 25 heavy (non-hydrogen) atoms. The fourth-order valence-electron chi connectivity index (χ4n) is 2.97. The van der Waals surface area contributed by atoms with Crippen molar-refractivity contribution in [1.29, 1.82) is 0 Å². The Morgan fingerprint density at radius 1 is 1.24 bits per heavy atom. The van der Waals surface area contributed by atoms with Crippen molar-refractivity contribution in [3.8, 4) is 0 Å². The van der Waals surface area contributed by atoms with Crippen LogP contribution in [-0.4, -0.2) is 54.6 Å². The van der Waals surface area contributed by atoms with Gasteiger partial charge in [0.2, 0.25) is 0 Å². The zero-order chi connectivity index (χ0) is 18.8. The Bertz CT molecular complexity index is 634. The van der Waals surface area contributed by atoms with Gasteiger partial charge in [0.25, 0.3) is 5.91 Å². The molecule has 0 saturated carbocycles. The highest BCUT2D eigenvalue weighted by molar-refractivity contribution is 5.95. The minimum atomic E-state index is -4.32. The maximum atomic E-state index is 13.7. The number of carbonyl (C=O) groups excluding carboxylic acids is 1. The van der Waals surface area contributed by atoms with Crippen LogP contribution in [0.4, 0.5) is 26.3 Å². The molecule has 0 radical (unpaired) electrons. The van der Waals surface area contributed by atoms with Crippen LogP contribution in [0, 0.1) is 23.4 Å². The summed E-state index contributed by atoms with van der Waals surface area (Å²) >= 11 is 0. The number of rotatable bonds is 5. The first-order valence-electron chi connectivity index (χ1n) is 7.84. The van der Waals surface area contributed by atoms with E-state index in [4.69, 9.17) is 0 Å².